The Morgan fingerprint density at radius 3 is 2.79 bits per heavy atom. The maximum absolute atomic E-state index is 11.3. The van der Waals surface area contributed by atoms with Crippen LogP contribution in [0.1, 0.15) is 34.2 Å². The quantitative estimate of drug-likeness (QED) is 0.696. The highest BCUT2D eigenvalue weighted by Gasteiger charge is 2.23. The van der Waals surface area contributed by atoms with Crippen LogP contribution in [-0.2, 0) is 11.2 Å². The summed E-state index contributed by atoms with van der Waals surface area (Å²) in [6.07, 6.45) is 1.34. The van der Waals surface area contributed by atoms with E-state index in [9.17, 15) is 4.79 Å². The number of hydrogen-bond acceptors (Lipinski definition) is 2. The molecular weight excluding hydrogens is 194 g/mol. The van der Waals surface area contributed by atoms with Crippen LogP contribution in [0.4, 0.5) is 0 Å². The van der Waals surface area contributed by atoms with Crippen molar-refractivity contribution in [2.75, 3.05) is 0 Å². The fraction of sp³-hybridized carbons (Fsp3) is 0.455. The minimum atomic E-state index is 0.00981. The minimum Gasteiger partial charge on any atom is -0.272 e. The molecule has 0 saturated heterocycles. The van der Waals surface area contributed by atoms with Gasteiger partial charge in [-0.3, -0.25) is 4.79 Å². The largest absolute Gasteiger partial charge is 0.272 e. The molecule has 2 nitrogen and oxygen atoms in total. The maximum atomic E-state index is 11.3. The van der Waals surface area contributed by atoms with Crippen LogP contribution in [0.15, 0.2) is 4.99 Å². The molecule has 1 aromatic rings. The van der Waals surface area contributed by atoms with Crippen molar-refractivity contribution >= 4 is 23.0 Å². The first kappa shape index (κ1) is 9.59. The van der Waals surface area contributed by atoms with Crippen LogP contribution >= 0.6 is 11.3 Å². The van der Waals surface area contributed by atoms with Gasteiger partial charge >= 0.3 is 0 Å². The van der Waals surface area contributed by atoms with Gasteiger partial charge in [-0.2, -0.15) is 0 Å². The smallest absolute Gasteiger partial charge is 0.251 e. The highest BCUT2D eigenvalue weighted by molar-refractivity contribution is 7.12. The van der Waals surface area contributed by atoms with Crippen molar-refractivity contribution in [1.29, 1.82) is 0 Å². The summed E-state index contributed by atoms with van der Waals surface area (Å²) in [5.74, 6) is 0.00981. The Balaban J connectivity index is 2.62. The van der Waals surface area contributed by atoms with Crippen LogP contribution in [0, 0.1) is 13.8 Å². The lowest BCUT2D eigenvalue weighted by molar-refractivity contribution is -0.117. The maximum Gasteiger partial charge on any atom is 0.251 e. The van der Waals surface area contributed by atoms with E-state index in [2.05, 4.69) is 18.8 Å². The number of aryl methyl sites for hydroxylation is 1. The highest BCUT2D eigenvalue weighted by Crippen LogP contribution is 2.31. The van der Waals surface area contributed by atoms with Crippen LogP contribution in [-0.4, -0.2) is 11.6 Å². The summed E-state index contributed by atoms with van der Waals surface area (Å²) in [5.41, 5.74) is 3.52. The predicted octanol–water partition coefficient (Wildman–Crippen LogP) is 2.65. The van der Waals surface area contributed by atoms with Gasteiger partial charge in [-0.05, 0) is 25.8 Å². The molecule has 1 aromatic heterocycles. The summed E-state index contributed by atoms with van der Waals surface area (Å²) in [5, 5.41) is 0. The molecule has 0 radical (unpaired) electrons. The Labute approximate surface area is 87.7 Å². The molecule has 2 heterocycles. The fourth-order valence-electron chi connectivity index (χ4n) is 1.84. The molecule has 0 atom stereocenters. The first-order chi connectivity index (χ1) is 6.63. The van der Waals surface area contributed by atoms with Gasteiger partial charge in [-0.15, -0.1) is 11.3 Å². The van der Waals surface area contributed by atoms with Crippen LogP contribution in [0.25, 0.3) is 0 Å². The Hall–Kier alpha value is -0.960. The number of carbonyl (C=O) groups excluding carboxylic acids is 1. The molecule has 0 bridgehead atoms. The topological polar surface area (TPSA) is 29.4 Å². The SMILES string of the molecule is CCC1=NC(=O)Cc2sc(C)c(C)c21. The van der Waals surface area contributed by atoms with E-state index in [-0.39, 0.29) is 5.91 Å². The molecule has 0 saturated carbocycles. The van der Waals surface area contributed by atoms with E-state index in [1.807, 2.05) is 6.92 Å². The minimum absolute atomic E-state index is 0.00981. The van der Waals surface area contributed by atoms with Crippen LogP contribution in [0.5, 0.6) is 0 Å². The van der Waals surface area contributed by atoms with Gasteiger partial charge in [-0.25, -0.2) is 4.99 Å². The molecule has 1 aliphatic rings. The summed E-state index contributed by atoms with van der Waals surface area (Å²) in [6.45, 7) is 6.27. The first-order valence-corrected chi connectivity index (χ1v) is 5.64. The van der Waals surface area contributed by atoms with E-state index in [0.717, 1.165) is 12.1 Å². The van der Waals surface area contributed by atoms with E-state index < -0.39 is 0 Å². The van der Waals surface area contributed by atoms with Gasteiger partial charge in [0.15, 0.2) is 0 Å². The van der Waals surface area contributed by atoms with Crippen molar-refractivity contribution < 1.29 is 4.79 Å². The normalized spacial score (nSPS) is 15.4. The second kappa shape index (κ2) is 3.31. The lowest BCUT2D eigenvalue weighted by Gasteiger charge is -2.11. The number of carbonyl (C=O) groups is 1. The molecule has 0 unspecified atom stereocenters. The fourth-order valence-corrected chi connectivity index (χ4v) is 3.03. The third kappa shape index (κ3) is 1.32. The second-order valence-corrected chi connectivity index (χ2v) is 4.87. The summed E-state index contributed by atoms with van der Waals surface area (Å²) >= 11 is 1.74. The molecule has 0 aromatic carbocycles. The van der Waals surface area contributed by atoms with Gasteiger partial charge < -0.3 is 0 Å². The predicted molar refractivity (Wildman–Crippen MR) is 59.3 cm³/mol. The van der Waals surface area contributed by atoms with E-state index in [1.54, 1.807) is 11.3 Å². The number of thiophene rings is 1. The molecule has 3 heteroatoms. The number of hydrogen-bond donors (Lipinski definition) is 0. The van der Waals surface area contributed by atoms with E-state index >= 15 is 0 Å². The average Bonchev–Trinajstić information content (AvgIpc) is 2.41. The number of nitrogens with zero attached hydrogens (tertiary/aromatic N) is 1. The Morgan fingerprint density at radius 2 is 2.14 bits per heavy atom. The van der Waals surface area contributed by atoms with Crippen LogP contribution < -0.4 is 0 Å². The zero-order chi connectivity index (χ0) is 10.3. The molecule has 2 rings (SSSR count). The van der Waals surface area contributed by atoms with Crippen LogP contribution in [0.2, 0.25) is 0 Å². The summed E-state index contributed by atoms with van der Waals surface area (Å²) in [6, 6.07) is 0. The molecule has 0 spiro atoms. The molecule has 0 fully saturated rings. The molecule has 0 aliphatic carbocycles. The Morgan fingerprint density at radius 1 is 1.43 bits per heavy atom. The highest BCUT2D eigenvalue weighted by atomic mass is 32.1. The van der Waals surface area contributed by atoms with E-state index in [0.29, 0.717) is 6.42 Å². The third-order valence-corrected chi connectivity index (χ3v) is 3.86. The molecule has 74 valence electrons. The van der Waals surface area contributed by atoms with Crippen molar-refractivity contribution in [3.8, 4) is 0 Å². The van der Waals surface area contributed by atoms with Gasteiger partial charge in [-0.1, -0.05) is 6.92 Å². The monoisotopic (exact) mass is 207 g/mol. The van der Waals surface area contributed by atoms with Gasteiger partial charge in [0, 0.05) is 15.3 Å². The number of aliphatic imine (C=N–C) groups is 1. The summed E-state index contributed by atoms with van der Waals surface area (Å²) < 4.78 is 0. The molecule has 1 amide bonds. The molecular formula is C11H13NOS. The lowest BCUT2D eigenvalue weighted by Crippen LogP contribution is -2.14. The van der Waals surface area contributed by atoms with Crippen molar-refractivity contribution in [2.45, 2.75) is 33.6 Å². The Kier molecular flexibility index (Phi) is 2.27. The zero-order valence-corrected chi connectivity index (χ0v) is 9.49. The van der Waals surface area contributed by atoms with Gasteiger partial charge in [0.05, 0.1) is 12.1 Å². The van der Waals surface area contributed by atoms with Gasteiger partial charge in [0.25, 0.3) is 5.91 Å². The van der Waals surface area contributed by atoms with Crippen molar-refractivity contribution in [3.05, 3.63) is 20.9 Å². The molecule has 0 N–H and O–H groups in total. The number of amides is 1. The number of fused-ring (bicyclic) bond motifs is 1. The summed E-state index contributed by atoms with van der Waals surface area (Å²) in [4.78, 5) is 18.0. The first-order valence-electron chi connectivity index (χ1n) is 4.83. The zero-order valence-electron chi connectivity index (χ0n) is 8.68. The second-order valence-electron chi connectivity index (χ2n) is 3.56. The average molecular weight is 207 g/mol. The van der Waals surface area contributed by atoms with Crippen molar-refractivity contribution in [3.63, 3.8) is 0 Å². The third-order valence-electron chi connectivity index (χ3n) is 2.65. The number of rotatable bonds is 1. The van der Waals surface area contributed by atoms with E-state index in [1.165, 1.54) is 20.9 Å². The lowest BCUT2D eigenvalue weighted by atomic mass is 9.99. The molecule has 14 heavy (non-hydrogen) atoms. The Bertz CT molecular complexity index is 429. The van der Waals surface area contributed by atoms with Gasteiger partial charge in [0.1, 0.15) is 0 Å². The summed E-state index contributed by atoms with van der Waals surface area (Å²) in [7, 11) is 0. The van der Waals surface area contributed by atoms with Crippen LogP contribution in [0.3, 0.4) is 0 Å². The molecule has 1 aliphatic heterocycles. The van der Waals surface area contributed by atoms with Crippen molar-refractivity contribution in [1.82, 2.24) is 0 Å². The van der Waals surface area contributed by atoms with Gasteiger partial charge in [0.2, 0.25) is 0 Å². The van der Waals surface area contributed by atoms with Crippen molar-refractivity contribution in [2.24, 2.45) is 4.99 Å². The van der Waals surface area contributed by atoms with E-state index in [4.69, 9.17) is 0 Å². The standard InChI is InChI=1S/C11H13NOS/c1-4-8-11-6(2)7(3)14-9(11)5-10(13)12-8/h4-5H2,1-3H3.